The number of primary amides is 1. The highest BCUT2D eigenvalue weighted by atomic mass is 16.1. The number of nitrogens with two attached hydrogens (primary N) is 2. The highest BCUT2D eigenvalue weighted by molar-refractivity contribution is 5.94. The van der Waals surface area contributed by atoms with Crippen LogP contribution in [0.5, 0.6) is 0 Å². The van der Waals surface area contributed by atoms with E-state index in [2.05, 4.69) is 5.10 Å². The van der Waals surface area contributed by atoms with Crippen LogP contribution >= 0.6 is 0 Å². The van der Waals surface area contributed by atoms with Crippen molar-refractivity contribution in [1.29, 1.82) is 5.26 Å². The van der Waals surface area contributed by atoms with Gasteiger partial charge in [-0.1, -0.05) is 0 Å². The number of aryl methyl sites for hydroxylation is 1. The maximum atomic E-state index is 10.7. The molecule has 0 aliphatic heterocycles. The van der Waals surface area contributed by atoms with Crippen molar-refractivity contribution in [3.05, 3.63) is 11.3 Å². The summed E-state index contributed by atoms with van der Waals surface area (Å²) in [7, 11) is 1.53. The molecule has 1 amide bonds. The summed E-state index contributed by atoms with van der Waals surface area (Å²) in [5.41, 5.74) is 10.3. The van der Waals surface area contributed by atoms with Gasteiger partial charge in [-0.15, -0.1) is 0 Å². The summed E-state index contributed by atoms with van der Waals surface area (Å²) in [6.45, 7) is 0. The van der Waals surface area contributed by atoms with E-state index in [4.69, 9.17) is 16.7 Å². The summed E-state index contributed by atoms with van der Waals surface area (Å²) >= 11 is 0. The van der Waals surface area contributed by atoms with Gasteiger partial charge in [-0.3, -0.25) is 9.48 Å². The lowest BCUT2D eigenvalue weighted by atomic mass is 10.2. The summed E-state index contributed by atoms with van der Waals surface area (Å²) in [5.74, 6) is -0.606. The van der Waals surface area contributed by atoms with E-state index in [1.165, 1.54) is 11.7 Å². The minimum absolute atomic E-state index is 0.0324. The third-order valence-electron chi connectivity index (χ3n) is 1.44. The fraction of sp³-hybridized carbons (Fsp3) is 0.167. The van der Waals surface area contributed by atoms with E-state index >= 15 is 0 Å². The molecule has 1 aromatic rings. The van der Waals surface area contributed by atoms with Crippen LogP contribution in [0.1, 0.15) is 16.1 Å². The Labute approximate surface area is 68.4 Å². The second kappa shape index (κ2) is 2.54. The topological polar surface area (TPSA) is 111 Å². The first kappa shape index (κ1) is 8.07. The zero-order chi connectivity index (χ0) is 9.30. The number of rotatable bonds is 1. The lowest BCUT2D eigenvalue weighted by molar-refractivity contribution is 0.0994. The molecule has 1 aromatic heterocycles. The van der Waals surface area contributed by atoms with Gasteiger partial charge in [0.05, 0.1) is 0 Å². The van der Waals surface area contributed by atoms with Crippen LogP contribution in [0.2, 0.25) is 0 Å². The highest BCUT2D eigenvalue weighted by Gasteiger charge is 2.17. The molecule has 0 radical (unpaired) electrons. The Balaban J connectivity index is 3.42. The van der Waals surface area contributed by atoms with Crippen molar-refractivity contribution >= 4 is 11.7 Å². The van der Waals surface area contributed by atoms with Crippen molar-refractivity contribution in [1.82, 2.24) is 9.78 Å². The van der Waals surface area contributed by atoms with Gasteiger partial charge in [0.25, 0.3) is 5.91 Å². The number of hydrogen-bond acceptors (Lipinski definition) is 4. The van der Waals surface area contributed by atoms with E-state index in [1.54, 1.807) is 6.07 Å². The van der Waals surface area contributed by atoms with Crippen molar-refractivity contribution in [3.63, 3.8) is 0 Å². The first-order chi connectivity index (χ1) is 5.57. The Kier molecular flexibility index (Phi) is 1.71. The molecule has 0 spiro atoms. The van der Waals surface area contributed by atoms with Gasteiger partial charge in [0.1, 0.15) is 17.5 Å². The quantitative estimate of drug-likeness (QED) is 0.554. The Morgan fingerprint density at radius 1 is 1.75 bits per heavy atom. The van der Waals surface area contributed by atoms with E-state index < -0.39 is 5.91 Å². The van der Waals surface area contributed by atoms with Crippen LogP contribution in [0.25, 0.3) is 0 Å². The Hall–Kier alpha value is -2.03. The molecule has 0 unspecified atom stereocenters. The molecule has 62 valence electrons. The minimum Gasteiger partial charge on any atom is -0.383 e. The van der Waals surface area contributed by atoms with Crippen molar-refractivity contribution in [2.24, 2.45) is 12.8 Å². The lowest BCUT2D eigenvalue weighted by Gasteiger charge is -1.89. The van der Waals surface area contributed by atoms with Gasteiger partial charge in [-0.05, 0) is 0 Å². The number of hydrogen-bond donors (Lipinski definition) is 2. The molecule has 6 heteroatoms. The van der Waals surface area contributed by atoms with Gasteiger partial charge >= 0.3 is 0 Å². The van der Waals surface area contributed by atoms with Crippen molar-refractivity contribution in [2.75, 3.05) is 5.73 Å². The average molecular weight is 165 g/mol. The van der Waals surface area contributed by atoms with Crippen molar-refractivity contribution in [3.8, 4) is 6.07 Å². The van der Waals surface area contributed by atoms with Crippen LogP contribution in [-0.2, 0) is 7.05 Å². The van der Waals surface area contributed by atoms with Gasteiger partial charge in [0.2, 0.25) is 0 Å². The Morgan fingerprint density at radius 2 is 2.33 bits per heavy atom. The van der Waals surface area contributed by atoms with Gasteiger partial charge in [-0.2, -0.15) is 10.4 Å². The molecular formula is C6H7N5O. The molecule has 6 nitrogen and oxygen atoms in total. The van der Waals surface area contributed by atoms with Crippen molar-refractivity contribution < 1.29 is 4.79 Å². The largest absolute Gasteiger partial charge is 0.383 e. The molecule has 1 heterocycles. The molecule has 0 bridgehead atoms. The first-order valence-corrected chi connectivity index (χ1v) is 3.10. The SMILES string of the molecule is Cn1nc(C(N)=O)c(C#N)c1N. The van der Waals surface area contributed by atoms with Gasteiger partial charge in [0, 0.05) is 7.05 Å². The van der Waals surface area contributed by atoms with Crippen LogP contribution in [0.15, 0.2) is 0 Å². The fourth-order valence-corrected chi connectivity index (χ4v) is 0.820. The summed E-state index contributed by atoms with van der Waals surface area (Å²) < 4.78 is 1.23. The molecule has 0 saturated heterocycles. The number of nitrogens with zero attached hydrogens (tertiary/aromatic N) is 3. The summed E-state index contributed by atoms with van der Waals surface area (Å²) in [6, 6.07) is 1.76. The molecule has 0 atom stereocenters. The maximum Gasteiger partial charge on any atom is 0.270 e. The third-order valence-corrected chi connectivity index (χ3v) is 1.44. The molecular weight excluding hydrogens is 158 g/mol. The second-order valence-electron chi connectivity index (χ2n) is 2.21. The van der Waals surface area contributed by atoms with Crippen LogP contribution in [-0.4, -0.2) is 15.7 Å². The van der Waals surface area contributed by atoms with Gasteiger partial charge < -0.3 is 11.5 Å². The second-order valence-corrected chi connectivity index (χ2v) is 2.21. The lowest BCUT2D eigenvalue weighted by Crippen LogP contribution is -2.13. The highest BCUT2D eigenvalue weighted by Crippen LogP contribution is 2.13. The van der Waals surface area contributed by atoms with Gasteiger partial charge in [-0.25, -0.2) is 0 Å². The molecule has 0 aliphatic rings. The maximum absolute atomic E-state index is 10.7. The van der Waals surface area contributed by atoms with Crippen LogP contribution in [0, 0.1) is 11.3 Å². The predicted molar refractivity (Wildman–Crippen MR) is 40.9 cm³/mol. The number of nitrogen functional groups attached to an aromatic ring is 1. The Morgan fingerprint density at radius 3 is 2.67 bits per heavy atom. The third kappa shape index (κ3) is 0.971. The average Bonchev–Trinajstić information content (AvgIpc) is 2.29. The summed E-state index contributed by atoms with van der Waals surface area (Å²) in [6.07, 6.45) is 0. The smallest absolute Gasteiger partial charge is 0.270 e. The van der Waals surface area contributed by atoms with E-state index in [0.717, 1.165) is 0 Å². The molecule has 12 heavy (non-hydrogen) atoms. The molecule has 0 saturated carbocycles. The van der Waals surface area contributed by atoms with Crippen LogP contribution in [0.3, 0.4) is 0 Å². The van der Waals surface area contributed by atoms with E-state index in [9.17, 15) is 4.79 Å². The van der Waals surface area contributed by atoms with Crippen molar-refractivity contribution in [2.45, 2.75) is 0 Å². The van der Waals surface area contributed by atoms with E-state index in [1.807, 2.05) is 0 Å². The fourth-order valence-electron chi connectivity index (χ4n) is 0.820. The normalized spacial score (nSPS) is 9.33. The summed E-state index contributed by atoms with van der Waals surface area (Å²) in [4.78, 5) is 10.7. The van der Waals surface area contributed by atoms with Crippen LogP contribution < -0.4 is 11.5 Å². The molecule has 0 aromatic carbocycles. The number of aromatic nitrogens is 2. The van der Waals surface area contributed by atoms with E-state index in [0.29, 0.717) is 0 Å². The first-order valence-electron chi connectivity index (χ1n) is 3.10. The molecule has 4 N–H and O–H groups in total. The van der Waals surface area contributed by atoms with Crippen LogP contribution in [0.4, 0.5) is 5.82 Å². The number of anilines is 1. The predicted octanol–water partition coefficient (Wildman–Crippen LogP) is -1.03. The zero-order valence-electron chi connectivity index (χ0n) is 6.40. The number of nitriles is 1. The molecule has 0 fully saturated rings. The van der Waals surface area contributed by atoms with Gasteiger partial charge in [0.15, 0.2) is 5.69 Å². The Bertz CT molecular complexity index is 372. The zero-order valence-corrected chi connectivity index (χ0v) is 6.40. The number of amides is 1. The monoisotopic (exact) mass is 165 g/mol. The number of carbonyl (C=O) groups is 1. The van der Waals surface area contributed by atoms with E-state index in [-0.39, 0.29) is 17.1 Å². The summed E-state index contributed by atoms with van der Waals surface area (Å²) in [5, 5.41) is 12.2. The molecule has 1 rings (SSSR count). The molecule has 0 aliphatic carbocycles. The minimum atomic E-state index is -0.751. The standard InChI is InChI=1S/C6H7N5O/c1-11-5(8)3(2-7)4(10-11)6(9)12/h8H2,1H3,(H2,9,12). The number of carbonyl (C=O) groups excluding carboxylic acids is 1.